The van der Waals surface area contributed by atoms with Gasteiger partial charge in [-0.15, -0.1) is 0 Å². The monoisotopic (exact) mass is 466 g/mol. The van der Waals surface area contributed by atoms with E-state index in [9.17, 15) is 9.59 Å². The molecule has 0 heterocycles. The molecule has 0 aliphatic heterocycles. The number of benzene rings is 3. The highest BCUT2D eigenvalue weighted by molar-refractivity contribution is 6.31. The van der Waals surface area contributed by atoms with Crippen molar-refractivity contribution >= 4 is 23.2 Å². The summed E-state index contributed by atoms with van der Waals surface area (Å²) in [6, 6.07) is 21.7. The lowest BCUT2D eigenvalue weighted by Crippen LogP contribution is -2.22. The molecule has 0 unspecified atom stereocenters. The van der Waals surface area contributed by atoms with Crippen molar-refractivity contribution < 1.29 is 23.8 Å². The summed E-state index contributed by atoms with van der Waals surface area (Å²) in [7, 11) is 1.51. The molecule has 0 aromatic heterocycles. The molecule has 0 bridgehead atoms. The van der Waals surface area contributed by atoms with Gasteiger partial charge in [-0.3, -0.25) is 9.59 Å². The lowest BCUT2D eigenvalue weighted by atomic mass is 10.0. The number of methoxy groups -OCH3 is 1. The van der Waals surface area contributed by atoms with E-state index in [-0.39, 0.29) is 11.6 Å². The Bertz CT molecular complexity index is 1060. The van der Waals surface area contributed by atoms with E-state index in [1.165, 1.54) is 14.0 Å². The molecule has 0 spiro atoms. The van der Waals surface area contributed by atoms with Crippen LogP contribution in [0.5, 0.6) is 11.5 Å². The van der Waals surface area contributed by atoms with Gasteiger partial charge in [0.25, 0.3) is 0 Å². The number of carbonyl (C=O) groups is 2. The number of ketones is 2. The number of carbonyl (C=O) groups excluding carboxylic acids is 2. The molecule has 0 fully saturated rings. The second-order valence-electron chi connectivity index (χ2n) is 7.56. The summed E-state index contributed by atoms with van der Waals surface area (Å²) in [5.41, 5.74) is 2.12. The molecule has 0 saturated carbocycles. The van der Waals surface area contributed by atoms with Crippen molar-refractivity contribution in [3.05, 3.63) is 94.5 Å². The molecular weight excluding hydrogens is 440 g/mol. The lowest BCUT2D eigenvalue weighted by Gasteiger charge is -2.14. The van der Waals surface area contributed by atoms with Crippen LogP contribution in [-0.2, 0) is 16.0 Å². The van der Waals surface area contributed by atoms with E-state index in [4.69, 9.17) is 25.8 Å². The van der Waals surface area contributed by atoms with Crippen LogP contribution in [0.1, 0.15) is 34.8 Å². The topological polar surface area (TPSA) is 61.8 Å². The fourth-order valence-electron chi connectivity index (χ4n) is 3.27. The summed E-state index contributed by atoms with van der Waals surface area (Å²) in [4.78, 5) is 24.0. The Balaban J connectivity index is 1.42. The van der Waals surface area contributed by atoms with Crippen LogP contribution in [0.2, 0.25) is 5.02 Å². The fourth-order valence-corrected chi connectivity index (χ4v) is 3.52. The van der Waals surface area contributed by atoms with Crippen molar-refractivity contribution in [1.82, 2.24) is 0 Å². The van der Waals surface area contributed by atoms with Crippen LogP contribution < -0.4 is 9.47 Å². The standard InChI is InChI=1S/C27H27ClO5/c1-19(29)26(31-2)17-22-11-14-24(18-25(22)28)33-16-6-15-32-23-12-9-21(10-13-23)27(30)20-7-4-3-5-8-20/h3-5,7-14,18,26H,6,15-17H2,1-2H3/t26-/m0/s1. The number of Topliss-reactive ketones (excluding diaryl/α,β-unsaturated/α-hetero) is 1. The Morgan fingerprint density at radius 3 is 2.06 bits per heavy atom. The van der Waals surface area contributed by atoms with Crippen molar-refractivity contribution in [2.75, 3.05) is 20.3 Å². The first-order valence-corrected chi connectivity index (χ1v) is 11.1. The Hall–Kier alpha value is -3.15. The predicted octanol–water partition coefficient (Wildman–Crippen LogP) is 5.57. The number of ether oxygens (including phenoxy) is 3. The van der Waals surface area contributed by atoms with Crippen LogP contribution in [0.25, 0.3) is 0 Å². The van der Waals surface area contributed by atoms with Gasteiger partial charge in [-0.25, -0.2) is 0 Å². The van der Waals surface area contributed by atoms with E-state index in [1.54, 1.807) is 42.5 Å². The van der Waals surface area contributed by atoms with E-state index in [1.807, 2.05) is 30.3 Å². The number of halogens is 1. The molecule has 3 rings (SSSR count). The zero-order chi connectivity index (χ0) is 23.6. The fraction of sp³-hybridized carbons (Fsp3) is 0.259. The highest BCUT2D eigenvalue weighted by atomic mass is 35.5. The molecule has 3 aromatic rings. The molecule has 33 heavy (non-hydrogen) atoms. The second-order valence-corrected chi connectivity index (χ2v) is 7.97. The molecular formula is C27H27ClO5. The maximum Gasteiger partial charge on any atom is 0.193 e. The molecule has 172 valence electrons. The molecule has 0 aliphatic rings. The summed E-state index contributed by atoms with van der Waals surface area (Å²) in [6.07, 6.45) is 0.603. The Morgan fingerprint density at radius 1 is 0.848 bits per heavy atom. The first kappa shape index (κ1) is 24.5. The third kappa shape index (κ3) is 7.17. The third-order valence-corrected chi connectivity index (χ3v) is 5.50. The van der Waals surface area contributed by atoms with Gasteiger partial charge >= 0.3 is 0 Å². The SMILES string of the molecule is CO[C@@H](Cc1ccc(OCCCOc2ccc(C(=O)c3ccccc3)cc2)cc1Cl)C(C)=O. The van der Waals surface area contributed by atoms with Crippen LogP contribution in [0.4, 0.5) is 0 Å². The van der Waals surface area contributed by atoms with E-state index >= 15 is 0 Å². The smallest absolute Gasteiger partial charge is 0.193 e. The van der Waals surface area contributed by atoms with Crippen molar-refractivity contribution in [1.29, 1.82) is 0 Å². The minimum Gasteiger partial charge on any atom is -0.493 e. The summed E-state index contributed by atoms with van der Waals surface area (Å²) in [5, 5.41) is 0.539. The van der Waals surface area contributed by atoms with E-state index in [0.717, 1.165) is 5.56 Å². The van der Waals surface area contributed by atoms with Crippen LogP contribution in [0.3, 0.4) is 0 Å². The normalized spacial score (nSPS) is 11.6. The summed E-state index contributed by atoms with van der Waals surface area (Å²) in [5.74, 6) is 1.31. The first-order chi connectivity index (χ1) is 16.0. The van der Waals surface area contributed by atoms with Gasteiger partial charge in [0, 0.05) is 36.1 Å². The molecule has 3 aromatic carbocycles. The van der Waals surface area contributed by atoms with E-state index < -0.39 is 6.10 Å². The van der Waals surface area contributed by atoms with Crippen LogP contribution in [-0.4, -0.2) is 38.0 Å². The molecule has 0 saturated heterocycles. The molecule has 0 N–H and O–H groups in total. The molecule has 1 atom stereocenters. The summed E-state index contributed by atoms with van der Waals surface area (Å²) in [6.45, 7) is 2.44. The molecule has 0 radical (unpaired) electrons. The molecule has 6 heteroatoms. The largest absolute Gasteiger partial charge is 0.493 e. The van der Waals surface area contributed by atoms with Crippen LogP contribution in [0, 0.1) is 0 Å². The first-order valence-electron chi connectivity index (χ1n) is 10.7. The molecule has 0 amide bonds. The van der Waals surface area contributed by atoms with Crippen LogP contribution >= 0.6 is 11.6 Å². The van der Waals surface area contributed by atoms with Gasteiger partial charge in [-0.2, -0.15) is 0 Å². The zero-order valence-electron chi connectivity index (χ0n) is 18.8. The number of hydrogen-bond donors (Lipinski definition) is 0. The van der Waals surface area contributed by atoms with Gasteiger partial charge in [0.05, 0.1) is 13.2 Å². The minimum absolute atomic E-state index is 0.0146. The van der Waals surface area contributed by atoms with Gasteiger partial charge in [0.2, 0.25) is 0 Å². The Labute approximate surface area is 199 Å². The van der Waals surface area contributed by atoms with Gasteiger partial charge in [-0.05, 0) is 48.9 Å². The van der Waals surface area contributed by atoms with E-state index in [0.29, 0.717) is 53.7 Å². The Kier molecular flexibility index (Phi) is 9.04. The predicted molar refractivity (Wildman–Crippen MR) is 129 cm³/mol. The van der Waals surface area contributed by atoms with Crippen molar-refractivity contribution in [3.63, 3.8) is 0 Å². The van der Waals surface area contributed by atoms with Crippen molar-refractivity contribution in [2.45, 2.75) is 25.9 Å². The lowest BCUT2D eigenvalue weighted by molar-refractivity contribution is -0.126. The Morgan fingerprint density at radius 2 is 1.45 bits per heavy atom. The highest BCUT2D eigenvalue weighted by Crippen LogP contribution is 2.24. The van der Waals surface area contributed by atoms with Crippen molar-refractivity contribution in [3.8, 4) is 11.5 Å². The average molecular weight is 467 g/mol. The molecule has 0 aliphatic carbocycles. The van der Waals surface area contributed by atoms with Gasteiger partial charge < -0.3 is 14.2 Å². The van der Waals surface area contributed by atoms with Crippen molar-refractivity contribution in [2.24, 2.45) is 0 Å². The van der Waals surface area contributed by atoms with E-state index in [2.05, 4.69) is 0 Å². The zero-order valence-corrected chi connectivity index (χ0v) is 19.5. The highest BCUT2D eigenvalue weighted by Gasteiger charge is 2.16. The number of hydrogen-bond acceptors (Lipinski definition) is 5. The summed E-state index contributed by atoms with van der Waals surface area (Å²) < 4.78 is 16.7. The summed E-state index contributed by atoms with van der Waals surface area (Å²) >= 11 is 6.33. The maximum absolute atomic E-state index is 12.4. The maximum atomic E-state index is 12.4. The van der Waals surface area contributed by atoms with Gasteiger partial charge in [0.1, 0.15) is 17.6 Å². The van der Waals surface area contributed by atoms with Gasteiger partial charge in [-0.1, -0.05) is 48.0 Å². The van der Waals surface area contributed by atoms with Crippen LogP contribution in [0.15, 0.2) is 72.8 Å². The third-order valence-electron chi connectivity index (χ3n) is 5.15. The second kappa shape index (κ2) is 12.2. The number of rotatable bonds is 12. The quantitative estimate of drug-likeness (QED) is 0.258. The molecule has 5 nitrogen and oxygen atoms in total. The van der Waals surface area contributed by atoms with Gasteiger partial charge in [0.15, 0.2) is 11.6 Å². The average Bonchev–Trinajstić information content (AvgIpc) is 2.83. The minimum atomic E-state index is -0.503.